The van der Waals surface area contributed by atoms with Crippen molar-refractivity contribution in [2.75, 3.05) is 0 Å². The third kappa shape index (κ3) is 4.82. The lowest BCUT2D eigenvalue weighted by molar-refractivity contribution is 0.473. The summed E-state index contributed by atoms with van der Waals surface area (Å²) in [6.07, 6.45) is 0. The van der Waals surface area contributed by atoms with Gasteiger partial charge in [-0.2, -0.15) is 0 Å². The van der Waals surface area contributed by atoms with Crippen LogP contribution < -0.4 is 9.47 Å². The van der Waals surface area contributed by atoms with Crippen LogP contribution in [0, 0.1) is 0 Å². The molecule has 2 heterocycles. The highest BCUT2D eigenvalue weighted by Gasteiger charge is 2.25. The number of para-hydroxylation sites is 5. The Labute approximate surface area is 296 Å². The van der Waals surface area contributed by atoms with Crippen LogP contribution in [0.1, 0.15) is 0 Å². The van der Waals surface area contributed by atoms with Gasteiger partial charge in [0.1, 0.15) is 23.0 Å². The molecule has 0 saturated heterocycles. The zero-order valence-electron chi connectivity index (χ0n) is 27.7. The quantitative estimate of drug-likeness (QED) is 0.189. The van der Waals surface area contributed by atoms with Gasteiger partial charge in [-0.25, -0.2) is 0 Å². The summed E-state index contributed by atoms with van der Waals surface area (Å²) in [4.78, 5) is 0. The van der Waals surface area contributed by atoms with Gasteiger partial charge in [-0.3, -0.25) is 0 Å². The summed E-state index contributed by atoms with van der Waals surface area (Å²) >= 11 is 0. The first-order valence-corrected chi connectivity index (χ1v) is 17.3. The zero-order chi connectivity index (χ0) is 33.7. The van der Waals surface area contributed by atoms with Gasteiger partial charge in [-0.15, -0.1) is 0 Å². The molecule has 8 aromatic carbocycles. The second kappa shape index (κ2) is 11.9. The van der Waals surface area contributed by atoms with Gasteiger partial charge < -0.3 is 14.0 Å². The van der Waals surface area contributed by atoms with Crippen LogP contribution in [-0.2, 0) is 0 Å². The largest absolute Gasteiger partial charge is 0.456 e. The van der Waals surface area contributed by atoms with E-state index < -0.39 is 0 Å². The van der Waals surface area contributed by atoms with E-state index in [0.717, 1.165) is 78.7 Å². The van der Waals surface area contributed by atoms with Crippen LogP contribution in [0.5, 0.6) is 23.0 Å². The van der Waals surface area contributed by atoms with Gasteiger partial charge in [0.05, 0.1) is 11.0 Å². The van der Waals surface area contributed by atoms with Crippen LogP contribution in [0.15, 0.2) is 188 Å². The van der Waals surface area contributed by atoms with Crippen molar-refractivity contribution in [2.45, 2.75) is 0 Å². The fraction of sp³-hybridized carbons (Fsp3) is 0. The number of hydrogen-bond acceptors (Lipinski definition) is 2. The van der Waals surface area contributed by atoms with Crippen molar-refractivity contribution in [3.63, 3.8) is 0 Å². The van der Waals surface area contributed by atoms with E-state index in [1.807, 2.05) is 42.5 Å². The van der Waals surface area contributed by atoms with Crippen molar-refractivity contribution in [1.29, 1.82) is 0 Å². The van der Waals surface area contributed by atoms with Gasteiger partial charge in [0.15, 0.2) is 0 Å². The summed E-state index contributed by atoms with van der Waals surface area (Å²) in [6.45, 7) is 0. The third-order valence-electron chi connectivity index (χ3n) is 9.89. The summed E-state index contributed by atoms with van der Waals surface area (Å²) in [5, 5.41) is 2.40. The molecule has 10 rings (SSSR count). The Morgan fingerprint density at radius 2 is 0.902 bits per heavy atom. The molecule has 0 atom stereocenters. The molecule has 0 bridgehead atoms. The Bertz CT molecular complexity index is 2740. The topological polar surface area (TPSA) is 23.4 Å². The van der Waals surface area contributed by atoms with Crippen molar-refractivity contribution in [2.24, 2.45) is 0 Å². The molecule has 0 unspecified atom stereocenters. The van der Waals surface area contributed by atoms with Gasteiger partial charge in [0, 0.05) is 44.3 Å². The van der Waals surface area contributed by atoms with Crippen molar-refractivity contribution < 1.29 is 9.47 Å². The number of hydrogen-bond donors (Lipinski definition) is 0. The SMILES string of the molecule is c1ccc(-c2cccc3c2Oc2ccccc2-c2ccccc2Oc2cccc(-c4ccc5c(c4)c4ccccc4n5-c4ccccc4)c2-3)cc1. The van der Waals surface area contributed by atoms with E-state index in [-0.39, 0.29) is 0 Å². The molecule has 0 spiro atoms. The molecule has 0 N–H and O–H groups in total. The predicted molar refractivity (Wildman–Crippen MR) is 209 cm³/mol. The van der Waals surface area contributed by atoms with Crippen molar-refractivity contribution in [1.82, 2.24) is 4.57 Å². The van der Waals surface area contributed by atoms with Crippen molar-refractivity contribution in [3.8, 4) is 73.2 Å². The average molecular weight is 654 g/mol. The van der Waals surface area contributed by atoms with Crippen molar-refractivity contribution in [3.05, 3.63) is 188 Å². The normalized spacial score (nSPS) is 11.8. The number of benzene rings is 8. The number of fused-ring (bicyclic) bond motifs is 9. The highest BCUT2D eigenvalue weighted by Crippen LogP contribution is 2.52. The zero-order valence-corrected chi connectivity index (χ0v) is 27.7. The van der Waals surface area contributed by atoms with E-state index >= 15 is 0 Å². The molecule has 51 heavy (non-hydrogen) atoms. The minimum absolute atomic E-state index is 0.765. The summed E-state index contributed by atoms with van der Waals surface area (Å²) in [7, 11) is 0. The average Bonchev–Trinajstić information content (AvgIpc) is 3.53. The molecule has 240 valence electrons. The Morgan fingerprint density at radius 3 is 1.71 bits per heavy atom. The number of rotatable bonds is 3. The Morgan fingerprint density at radius 1 is 0.333 bits per heavy atom. The van der Waals surface area contributed by atoms with Crippen LogP contribution in [0.4, 0.5) is 0 Å². The molecule has 1 aliphatic heterocycles. The Balaban J connectivity index is 1.27. The summed E-state index contributed by atoms with van der Waals surface area (Å²) < 4.78 is 16.5. The molecule has 0 saturated carbocycles. The van der Waals surface area contributed by atoms with E-state index in [9.17, 15) is 0 Å². The van der Waals surface area contributed by atoms with Crippen LogP contribution in [0.2, 0.25) is 0 Å². The number of ether oxygens (including phenoxy) is 2. The second-order valence-electron chi connectivity index (χ2n) is 12.8. The van der Waals surface area contributed by atoms with Gasteiger partial charge >= 0.3 is 0 Å². The maximum atomic E-state index is 7.13. The molecule has 0 fully saturated rings. The van der Waals surface area contributed by atoms with E-state index in [1.54, 1.807) is 0 Å². The molecule has 1 aromatic heterocycles. The lowest BCUT2D eigenvalue weighted by atomic mass is 9.90. The fourth-order valence-corrected chi connectivity index (χ4v) is 7.60. The van der Waals surface area contributed by atoms with Crippen LogP contribution in [0.3, 0.4) is 0 Å². The first-order valence-electron chi connectivity index (χ1n) is 17.3. The fourth-order valence-electron chi connectivity index (χ4n) is 7.60. The molecule has 1 aliphatic rings. The highest BCUT2D eigenvalue weighted by atomic mass is 16.5. The lowest BCUT2D eigenvalue weighted by Gasteiger charge is -2.24. The van der Waals surface area contributed by atoms with E-state index in [4.69, 9.17) is 9.47 Å². The molecule has 9 aromatic rings. The van der Waals surface area contributed by atoms with Crippen LogP contribution >= 0.6 is 0 Å². The molecule has 3 heteroatoms. The second-order valence-corrected chi connectivity index (χ2v) is 12.8. The summed E-state index contributed by atoms with van der Waals surface area (Å²) in [5.41, 5.74) is 11.6. The third-order valence-corrected chi connectivity index (χ3v) is 9.89. The molecule has 0 aliphatic carbocycles. The predicted octanol–water partition coefficient (Wildman–Crippen LogP) is 13.3. The maximum absolute atomic E-state index is 7.13. The van der Waals surface area contributed by atoms with Crippen molar-refractivity contribution >= 4 is 21.8 Å². The summed E-state index contributed by atoms with van der Waals surface area (Å²) in [5.74, 6) is 3.10. The van der Waals surface area contributed by atoms with Gasteiger partial charge in [-0.1, -0.05) is 140 Å². The number of aromatic nitrogens is 1. The molecule has 0 amide bonds. The maximum Gasteiger partial charge on any atom is 0.143 e. The monoisotopic (exact) mass is 653 g/mol. The minimum Gasteiger partial charge on any atom is -0.456 e. The van der Waals surface area contributed by atoms with Crippen LogP contribution in [0.25, 0.3) is 72.0 Å². The van der Waals surface area contributed by atoms with Crippen LogP contribution in [-0.4, -0.2) is 4.57 Å². The van der Waals surface area contributed by atoms with E-state index in [2.05, 4.69) is 150 Å². The minimum atomic E-state index is 0.765. The molecular weight excluding hydrogens is 623 g/mol. The van der Waals surface area contributed by atoms with Gasteiger partial charge in [0.2, 0.25) is 0 Å². The van der Waals surface area contributed by atoms with E-state index in [0.29, 0.717) is 0 Å². The molecule has 3 nitrogen and oxygen atoms in total. The first-order chi connectivity index (χ1) is 25.3. The Kier molecular flexibility index (Phi) is 6.81. The van der Waals surface area contributed by atoms with E-state index in [1.165, 1.54) is 16.3 Å². The van der Waals surface area contributed by atoms with Gasteiger partial charge in [-0.05, 0) is 65.2 Å². The first kappa shape index (κ1) is 29.1. The molecule has 0 radical (unpaired) electrons. The standard InChI is InChI=1S/C48H31NO2/c1-3-15-32(16-4-1)36-23-13-24-40-47-35(33-29-30-43-41(31-33)37-19-7-10-25-42(37)49(43)34-17-5-2-6-18-34)22-14-28-46(47)50-44-26-11-8-20-38(44)39-21-9-12-27-45(39)51-48(36)40/h1-31H. The molecular formula is C48H31NO2. The van der Waals surface area contributed by atoms with Gasteiger partial charge in [0.25, 0.3) is 0 Å². The smallest absolute Gasteiger partial charge is 0.143 e. The Hall–Kier alpha value is -6.84. The summed E-state index contributed by atoms with van der Waals surface area (Å²) in [6, 6.07) is 65.7. The number of nitrogens with zero attached hydrogens (tertiary/aromatic N) is 1. The lowest BCUT2D eigenvalue weighted by Crippen LogP contribution is -2.00. The highest BCUT2D eigenvalue weighted by molar-refractivity contribution is 6.11.